The molecule has 10 nitrogen and oxygen atoms in total. The van der Waals surface area contributed by atoms with Crippen molar-refractivity contribution in [1.82, 2.24) is 10.2 Å². The maximum absolute atomic E-state index is 14.3. The Balaban J connectivity index is 1.41. The van der Waals surface area contributed by atoms with E-state index in [0.29, 0.717) is 22.7 Å². The van der Waals surface area contributed by atoms with Crippen molar-refractivity contribution in [2.45, 2.75) is 36.7 Å². The van der Waals surface area contributed by atoms with Gasteiger partial charge in [-0.05, 0) is 36.2 Å². The maximum atomic E-state index is 14.3. The highest BCUT2D eigenvalue weighted by atomic mass is 35.5. The number of likely N-dealkylation sites (tertiary alicyclic amines) is 1. The van der Waals surface area contributed by atoms with Crippen molar-refractivity contribution in [2.24, 2.45) is 11.8 Å². The number of aliphatic hydroxyl groups excluding tert-OH is 1. The lowest BCUT2D eigenvalue weighted by Crippen LogP contribution is -2.55. The summed E-state index contributed by atoms with van der Waals surface area (Å²) in [4.78, 5) is 57.9. The number of hydrogen-bond donors (Lipinski definition) is 2. The highest BCUT2D eigenvalue weighted by molar-refractivity contribution is 6.30. The van der Waals surface area contributed by atoms with Gasteiger partial charge in [-0.2, -0.15) is 0 Å². The molecule has 224 valence electrons. The molecule has 0 saturated carbocycles. The van der Waals surface area contributed by atoms with Crippen molar-refractivity contribution in [3.8, 4) is 0 Å². The second kappa shape index (κ2) is 11.9. The molecule has 2 N–H and O–H groups in total. The molecule has 0 aromatic heterocycles. The van der Waals surface area contributed by atoms with E-state index in [1.54, 1.807) is 60.7 Å². The average molecular weight is 606 g/mol. The highest BCUT2D eigenvalue weighted by Crippen LogP contribution is 2.53. The summed E-state index contributed by atoms with van der Waals surface area (Å²) < 4.78 is 12.7. The fraction of sp³-hybridized carbons (Fsp3) is 0.375. The molecule has 2 fully saturated rings. The number of aliphatic hydroxyl groups is 1. The first-order valence-corrected chi connectivity index (χ1v) is 14.7. The van der Waals surface area contributed by atoms with Gasteiger partial charge in [-0.25, -0.2) is 0 Å². The number of cyclic esters (lactones) is 1. The third kappa shape index (κ3) is 5.24. The summed E-state index contributed by atoms with van der Waals surface area (Å²) in [7, 11) is 0. The first-order valence-electron chi connectivity index (χ1n) is 14.4. The quantitative estimate of drug-likeness (QED) is 0.405. The van der Waals surface area contributed by atoms with Crippen LogP contribution in [-0.4, -0.2) is 77.7 Å². The number of esters is 1. The van der Waals surface area contributed by atoms with Crippen LogP contribution in [0.15, 0.2) is 78.9 Å². The molecule has 2 aromatic carbocycles. The van der Waals surface area contributed by atoms with Crippen LogP contribution < -0.4 is 10.2 Å². The second-order valence-corrected chi connectivity index (χ2v) is 11.5. The molecule has 0 bridgehead atoms. The zero-order chi connectivity index (χ0) is 30.1. The van der Waals surface area contributed by atoms with Gasteiger partial charge in [-0.1, -0.05) is 66.2 Å². The van der Waals surface area contributed by atoms with Crippen molar-refractivity contribution < 1.29 is 33.8 Å². The van der Waals surface area contributed by atoms with E-state index in [9.17, 15) is 24.3 Å². The number of ether oxygens (including phenoxy) is 2. The van der Waals surface area contributed by atoms with E-state index in [-0.39, 0.29) is 38.6 Å². The van der Waals surface area contributed by atoms with Gasteiger partial charge in [0.2, 0.25) is 11.8 Å². The standard InChI is InChI=1S/C32H32ClN3O7/c33-21-11-13-22(14-12-21)35-16-6-15-32-27(29(39)36(17-18-37)28(32)30(35)40)26-23(43-32)9-4-5-10-25(38)34-19-24(42-31(26)41)20-7-2-1-3-8-20/h1-4,6-9,11-15,23-24,26-28,37H,5,10,16-19H2,(H,34,38)/b9-4-/t23-,24+,26+,27+,28-,32+/m0/s1. The van der Waals surface area contributed by atoms with E-state index in [4.69, 9.17) is 21.1 Å². The first kappa shape index (κ1) is 29.1. The molecule has 4 heterocycles. The summed E-state index contributed by atoms with van der Waals surface area (Å²) in [5, 5.41) is 13.3. The Morgan fingerprint density at radius 3 is 2.51 bits per heavy atom. The monoisotopic (exact) mass is 605 g/mol. The van der Waals surface area contributed by atoms with Crippen molar-refractivity contribution >= 4 is 41.0 Å². The largest absolute Gasteiger partial charge is 0.455 e. The Kier molecular flexibility index (Phi) is 8.09. The number of nitrogens with zero attached hydrogens (tertiary/aromatic N) is 2. The highest BCUT2D eigenvalue weighted by Gasteiger charge is 2.71. The van der Waals surface area contributed by atoms with Crippen LogP contribution in [0.25, 0.3) is 0 Å². The third-order valence-electron chi connectivity index (χ3n) is 8.52. The van der Waals surface area contributed by atoms with Crippen LogP contribution in [0.2, 0.25) is 5.02 Å². The van der Waals surface area contributed by atoms with Crippen LogP contribution in [0.5, 0.6) is 0 Å². The number of hydrogen-bond acceptors (Lipinski definition) is 7. The molecular formula is C32H32ClN3O7. The van der Waals surface area contributed by atoms with Gasteiger partial charge in [0.15, 0.2) is 0 Å². The van der Waals surface area contributed by atoms with Crippen LogP contribution in [0.1, 0.15) is 24.5 Å². The topological polar surface area (TPSA) is 125 Å². The summed E-state index contributed by atoms with van der Waals surface area (Å²) in [6.07, 6.45) is 5.86. The molecule has 0 unspecified atom stereocenters. The van der Waals surface area contributed by atoms with Gasteiger partial charge in [-0.3, -0.25) is 19.2 Å². The zero-order valence-electron chi connectivity index (χ0n) is 23.3. The zero-order valence-corrected chi connectivity index (χ0v) is 24.1. The number of anilines is 1. The average Bonchev–Trinajstić information content (AvgIpc) is 3.38. The van der Waals surface area contributed by atoms with Gasteiger partial charge in [-0.15, -0.1) is 0 Å². The van der Waals surface area contributed by atoms with Crippen molar-refractivity contribution in [3.63, 3.8) is 0 Å². The molecular weight excluding hydrogens is 574 g/mol. The van der Waals surface area contributed by atoms with Crippen LogP contribution >= 0.6 is 11.6 Å². The minimum Gasteiger partial charge on any atom is -0.455 e. The van der Waals surface area contributed by atoms with Gasteiger partial charge in [0.05, 0.1) is 25.2 Å². The number of amides is 3. The lowest BCUT2D eigenvalue weighted by atomic mass is 9.78. The van der Waals surface area contributed by atoms with Gasteiger partial charge >= 0.3 is 5.97 Å². The molecule has 6 atom stereocenters. The fourth-order valence-electron chi connectivity index (χ4n) is 6.61. The molecule has 2 aromatic rings. The minimum absolute atomic E-state index is 0.0635. The lowest BCUT2D eigenvalue weighted by Gasteiger charge is -2.35. The molecule has 0 radical (unpaired) electrons. The molecule has 0 aliphatic carbocycles. The normalized spacial score (nSPS) is 31.6. The molecule has 3 amide bonds. The predicted molar refractivity (Wildman–Crippen MR) is 157 cm³/mol. The van der Waals surface area contributed by atoms with Gasteiger partial charge in [0, 0.05) is 30.2 Å². The fourth-order valence-corrected chi connectivity index (χ4v) is 6.73. The van der Waals surface area contributed by atoms with E-state index in [2.05, 4.69) is 5.32 Å². The molecule has 43 heavy (non-hydrogen) atoms. The summed E-state index contributed by atoms with van der Waals surface area (Å²) in [6, 6.07) is 14.7. The van der Waals surface area contributed by atoms with Gasteiger partial charge in [0.1, 0.15) is 23.7 Å². The number of fused-ring (bicyclic) bond motifs is 2. The summed E-state index contributed by atoms with van der Waals surface area (Å²) in [5.74, 6) is -3.87. The minimum atomic E-state index is -1.49. The number of halogens is 1. The predicted octanol–water partition coefficient (Wildman–Crippen LogP) is 2.57. The Labute approximate surface area is 253 Å². The van der Waals surface area contributed by atoms with Crippen LogP contribution in [0.3, 0.4) is 0 Å². The molecule has 1 spiro atoms. The molecule has 11 heteroatoms. The van der Waals surface area contributed by atoms with E-state index < -0.39 is 53.5 Å². The van der Waals surface area contributed by atoms with Crippen LogP contribution in [0.4, 0.5) is 5.69 Å². The van der Waals surface area contributed by atoms with Crippen molar-refractivity contribution in [3.05, 3.63) is 89.5 Å². The molecule has 4 aliphatic rings. The number of allylic oxidation sites excluding steroid dienone is 1. The Hall–Kier alpha value is -3.99. The number of rotatable bonds is 4. The van der Waals surface area contributed by atoms with Gasteiger partial charge in [0.25, 0.3) is 5.91 Å². The lowest BCUT2D eigenvalue weighted by molar-refractivity contribution is -0.159. The van der Waals surface area contributed by atoms with E-state index in [0.717, 1.165) is 0 Å². The van der Waals surface area contributed by atoms with Crippen molar-refractivity contribution in [1.29, 1.82) is 0 Å². The number of β-amino-alcohol motifs (C(OH)–C–C–N with tert-alkyl or cyclic N) is 1. The number of benzene rings is 2. The first-order chi connectivity index (χ1) is 20.8. The Bertz CT molecular complexity index is 1460. The van der Waals surface area contributed by atoms with E-state index in [1.807, 2.05) is 18.2 Å². The van der Waals surface area contributed by atoms with E-state index in [1.165, 1.54) is 9.80 Å². The number of nitrogens with one attached hydrogen (secondary N) is 1. The summed E-state index contributed by atoms with van der Waals surface area (Å²) in [6.45, 7) is -0.221. The van der Waals surface area contributed by atoms with Crippen LogP contribution in [0, 0.1) is 11.8 Å². The smallest absolute Gasteiger partial charge is 0.313 e. The van der Waals surface area contributed by atoms with Crippen molar-refractivity contribution in [2.75, 3.05) is 31.1 Å². The van der Waals surface area contributed by atoms with Gasteiger partial charge < -0.3 is 29.7 Å². The summed E-state index contributed by atoms with van der Waals surface area (Å²) in [5.41, 5.74) is -0.211. The second-order valence-electron chi connectivity index (χ2n) is 11.0. The molecule has 4 aliphatic heterocycles. The summed E-state index contributed by atoms with van der Waals surface area (Å²) >= 11 is 6.08. The SMILES string of the molecule is O=C1CC/C=C\[C@@H]2O[C@@]34C=CCN(c5ccc(Cl)cc5)C(=O)[C@@H]3N(CCO)C(=O)[C@H]4[C@@H]2C(=O)O[C@@H](c2ccccc2)CN1. The Morgan fingerprint density at radius 2 is 1.77 bits per heavy atom. The third-order valence-corrected chi connectivity index (χ3v) is 8.78. The van der Waals surface area contributed by atoms with Crippen LogP contribution in [-0.2, 0) is 28.7 Å². The molecule has 2 saturated heterocycles. The number of carbonyl (C=O) groups excluding carboxylic acids is 4. The molecule has 6 rings (SSSR count). The maximum Gasteiger partial charge on any atom is 0.313 e. The number of carbonyl (C=O) groups is 4. The van der Waals surface area contributed by atoms with E-state index >= 15 is 0 Å². The Morgan fingerprint density at radius 1 is 1.00 bits per heavy atom.